The summed E-state index contributed by atoms with van der Waals surface area (Å²) in [6, 6.07) is 8.80. The van der Waals surface area contributed by atoms with Crippen LogP contribution < -0.4 is 5.32 Å². The van der Waals surface area contributed by atoms with Crippen molar-refractivity contribution in [1.82, 2.24) is 5.32 Å². The first kappa shape index (κ1) is 15.8. The minimum Gasteiger partial charge on any atom is -0.355 e. The molecule has 1 aliphatic carbocycles. The first-order valence-electron chi connectivity index (χ1n) is 8.11. The number of aryl methyl sites for hydroxylation is 1. The summed E-state index contributed by atoms with van der Waals surface area (Å²) >= 11 is 0. The molecule has 21 heavy (non-hydrogen) atoms. The van der Waals surface area contributed by atoms with E-state index in [9.17, 15) is 4.79 Å². The van der Waals surface area contributed by atoms with Gasteiger partial charge in [-0.15, -0.1) is 6.58 Å². The van der Waals surface area contributed by atoms with Gasteiger partial charge in [-0.05, 0) is 31.7 Å². The van der Waals surface area contributed by atoms with Crippen LogP contribution in [0.2, 0.25) is 0 Å². The van der Waals surface area contributed by atoms with Crippen LogP contribution >= 0.6 is 0 Å². The van der Waals surface area contributed by atoms with E-state index in [4.69, 9.17) is 0 Å². The highest BCUT2D eigenvalue weighted by molar-refractivity contribution is 5.76. The molecule has 1 aromatic carbocycles. The van der Waals surface area contributed by atoms with E-state index in [1.165, 1.54) is 43.2 Å². The van der Waals surface area contributed by atoms with Crippen LogP contribution in [0.4, 0.5) is 0 Å². The van der Waals surface area contributed by atoms with E-state index in [2.05, 4.69) is 43.1 Å². The third-order valence-electron chi connectivity index (χ3n) is 4.64. The largest absolute Gasteiger partial charge is 0.355 e. The summed E-state index contributed by atoms with van der Waals surface area (Å²) < 4.78 is 0. The van der Waals surface area contributed by atoms with Crippen molar-refractivity contribution in [2.75, 3.05) is 6.54 Å². The molecule has 0 bridgehead atoms. The van der Waals surface area contributed by atoms with Crippen molar-refractivity contribution in [3.63, 3.8) is 0 Å². The standard InChI is InChI=1S/C19H27NO/c1-3-4-11-18(21)20-15-19(12-6-5-7-13-19)17-10-8-9-16(2)14-17/h3,8-10,14H,1,4-7,11-13,15H2,2H3,(H,20,21). The lowest BCUT2D eigenvalue weighted by Crippen LogP contribution is -2.42. The molecule has 0 atom stereocenters. The van der Waals surface area contributed by atoms with Crippen LogP contribution in [0.15, 0.2) is 36.9 Å². The molecule has 0 radical (unpaired) electrons. The SMILES string of the molecule is C=CCCC(=O)NCC1(c2cccc(C)c2)CCCCC1. The van der Waals surface area contributed by atoms with Gasteiger partial charge in [0.05, 0.1) is 0 Å². The summed E-state index contributed by atoms with van der Waals surface area (Å²) in [5, 5.41) is 3.16. The van der Waals surface area contributed by atoms with E-state index >= 15 is 0 Å². The van der Waals surface area contributed by atoms with E-state index in [1.54, 1.807) is 6.08 Å². The van der Waals surface area contributed by atoms with Gasteiger partial charge in [0.2, 0.25) is 5.91 Å². The second-order valence-corrected chi connectivity index (χ2v) is 6.31. The van der Waals surface area contributed by atoms with Crippen LogP contribution in [-0.4, -0.2) is 12.5 Å². The van der Waals surface area contributed by atoms with Crippen molar-refractivity contribution >= 4 is 5.91 Å². The van der Waals surface area contributed by atoms with Crippen LogP contribution in [0.3, 0.4) is 0 Å². The molecule has 0 unspecified atom stereocenters. The number of carbonyl (C=O) groups is 1. The number of allylic oxidation sites excluding steroid dienone is 1. The molecule has 0 aliphatic heterocycles. The molecule has 1 amide bonds. The van der Waals surface area contributed by atoms with Gasteiger partial charge in [0.25, 0.3) is 0 Å². The Morgan fingerprint density at radius 1 is 1.33 bits per heavy atom. The van der Waals surface area contributed by atoms with Crippen molar-refractivity contribution in [2.45, 2.75) is 57.3 Å². The lowest BCUT2D eigenvalue weighted by molar-refractivity contribution is -0.121. The molecule has 1 aromatic rings. The fraction of sp³-hybridized carbons (Fsp3) is 0.526. The maximum absolute atomic E-state index is 11.9. The molecule has 1 N–H and O–H groups in total. The van der Waals surface area contributed by atoms with Gasteiger partial charge in [0.1, 0.15) is 0 Å². The number of hydrogen-bond donors (Lipinski definition) is 1. The third-order valence-corrected chi connectivity index (χ3v) is 4.64. The zero-order valence-electron chi connectivity index (χ0n) is 13.2. The van der Waals surface area contributed by atoms with Crippen LogP contribution in [0.5, 0.6) is 0 Å². The van der Waals surface area contributed by atoms with Crippen LogP contribution in [0.25, 0.3) is 0 Å². The molecule has 0 aromatic heterocycles. The molecule has 0 saturated heterocycles. The molecule has 114 valence electrons. The first-order chi connectivity index (χ1) is 10.2. The Morgan fingerprint density at radius 3 is 2.76 bits per heavy atom. The third kappa shape index (κ3) is 4.20. The Labute approximate surface area is 128 Å². The number of nitrogens with one attached hydrogen (secondary N) is 1. The number of carbonyl (C=O) groups excluding carboxylic acids is 1. The highest BCUT2D eigenvalue weighted by atomic mass is 16.1. The summed E-state index contributed by atoms with van der Waals surface area (Å²) in [5.41, 5.74) is 2.83. The molecular weight excluding hydrogens is 258 g/mol. The predicted octanol–water partition coefficient (Wildman–Crippen LogP) is 4.28. The fourth-order valence-corrected chi connectivity index (χ4v) is 3.36. The Hall–Kier alpha value is -1.57. The zero-order valence-corrected chi connectivity index (χ0v) is 13.2. The number of amides is 1. The zero-order chi connectivity index (χ0) is 15.1. The molecule has 2 rings (SSSR count). The smallest absolute Gasteiger partial charge is 0.220 e. The average molecular weight is 285 g/mol. The maximum atomic E-state index is 11.9. The van der Waals surface area contributed by atoms with E-state index < -0.39 is 0 Å². The molecule has 1 fully saturated rings. The average Bonchev–Trinajstić information content (AvgIpc) is 2.52. The predicted molar refractivity (Wildman–Crippen MR) is 88.4 cm³/mol. The fourth-order valence-electron chi connectivity index (χ4n) is 3.36. The van der Waals surface area contributed by atoms with Crippen LogP contribution in [0.1, 0.15) is 56.1 Å². The number of benzene rings is 1. The molecule has 2 nitrogen and oxygen atoms in total. The second kappa shape index (κ2) is 7.44. The molecule has 2 heteroatoms. The number of rotatable bonds is 6. The molecule has 0 heterocycles. The van der Waals surface area contributed by atoms with Gasteiger partial charge in [0, 0.05) is 18.4 Å². The Balaban J connectivity index is 2.10. The number of hydrogen-bond acceptors (Lipinski definition) is 1. The molecule has 0 spiro atoms. The lowest BCUT2D eigenvalue weighted by Gasteiger charge is -2.38. The monoisotopic (exact) mass is 285 g/mol. The first-order valence-corrected chi connectivity index (χ1v) is 8.11. The summed E-state index contributed by atoms with van der Waals surface area (Å²) in [7, 11) is 0. The van der Waals surface area contributed by atoms with Gasteiger partial charge in [0.15, 0.2) is 0 Å². The topological polar surface area (TPSA) is 29.1 Å². The highest BCUT2D eigenvalue weighted by Crippen LogP contribution is 2.39. The lowest BCUT2D eigenvalue weighted by atomic mass is 9.69. The summed E-state index contributed by atoms with van der Waals surface area (Å²) in [6.07, 6.45) is 9.30. The van der Waals surface area contributed by atoms with Crippen molar-refractivity contribution in [1.29, 1.82) is 0 Å². The van der Waals surface area contributed by atoms with Gasteiger partial charge >= 0.3 is 0 Å². The van der Waals surface area contributed by atoms with E-state index in [1.807, 2.05) is 0 Å². The van der Waals surface area contributed by atoms with Gasteiger partial charge in [-0.25, -0.2) is 0 Å². The maximum Gasteiger partial charge on any atom is 0.220 e. The highest BCUT2D eigenvalue weighted by Gasteiger charge is 2.34. The van der Waals surface area contributed by atoms with Gasteiger partial charge < -0.3 is 5.32 Å². The van der Waals surface area contributed by atoms with Crippen molar-refractivity contribution in [2.24, 2.45) is 0 Å². The van der Waals surface area contributed by atoms with E-state index in [0.29, 0.717) is 6.42 Å². The Morgan fingerprint density at radius 2 is 2.10 bits per heavy atom. The summed E-state index contributed by atoms with van der Waals surface area (Å²) in [5.74, 6) is 0.146. The normalized spacial score (nSPS) is 17.2. The van der Waals surface area contributed by atoms with E-state index in [0.717, 1.165) is 13.0 Å². The molecule has 1 aliphatic rings. The molecular formula is C19H27NO. The minimum atomic E-state index is 0.133. The quantitative estimate of drug-likeness (QED) is 0.777. The van der Waals surface area contributed by atoms with Crippen LogP contribution in [0, 0.1) is 6.92 Å². The van der Waals surface area contributed by atoms with Gasteiger partial charge in [-0.2, -0.15) is 0 Å². The second-order valence-electron chi connectivity index (χ2n) is 6.31. The van der Waals surface area contributed by atoms with Crippen LogP contribution in [-0.2, 0) is 10.2 Å². The van der Waals surface area contributed by atoms with Crippen molar-refractivity contribution in [3.8, 4) is 0 Å². The van der Waals surface area contributed by atoms with E-state index in [-0.39, 0.29) is 11.3 Å². The Kier molecular flexibility index (Phi) is 5.60. The summed E-state index contributed by atoms with van der Waals surface area (Å²) in [4.78, 5) is 11.9. The van der Waals surface area contributed by atoms with Gasteiger partial charge in [-0.3, -0.25) is 4.79 Å². The van der Waals surface area contributed by atoms with Gasteiger partial charge in [-0.1, -0.05) is 55.2 Å². The van der Waals surface area contributed by atoms with Crippen molar-refractivity contribution < 1.29 is 4.79 Å². The van der Waals surface area contributed by atoms with Crippen molar-refractivity contribution in [3.05, 3.63) is 48.0 Å². The minimum absolute atomic E-state index is 0.133. The Bertz CT molecular complexity index is 486. The summed E-state index contributed by atoms with van der Waals surface area (Å²) in [6.45, 7) is 6.59. The molecule has 1 saturated carbocycles.